The quantitative estimate of drug-likeness (QED) is 0.456. The maximum absolute atomic E-state index is 14.6. The number of halogens is 2. The fourth-order valence-electron chi connectivity index (χ4n) is 5.96. The van der Waals surface area contributed by atoms with Crippen molar-refractivity contribution in [3.05, 3.63) is 90.1 Å². The summed E-state index contributed by atoms with van der Waals surface area (Å²) in [5, 5.41) is 12.6. The van der Waals surface area contributed by atoms with Crippen LogP contribution in [0.4, 0.5) is 8.78 Å². The molecule has 3 fully saturated rings. The van der Waals surface area contributed by atoms with Crippen molar-refractivity contribution in [1.82, 2.24) is 4.98 Å². The SMILES string of the molecule is C=CC1C[N+]2(Cc3c(F)cccc3F)CCC1CC2[C@H](O)c1ccnc2ccccc12. The van der Waals surface area contributed by atoms with Gasteiger partial charge in [0.2, 0.25) is 0 Å². The second-order valence-electron chi connectivity index (χ2n) is 9.10. The van der Waals surface area contributed by atoms with Gasteiger partial charge in [-0.15, -0.1) is 6.58 Å². The van der Waals surface area contributed by atoms with E-state index in [9.17, 15) is 13.9 Å². The second kappa shape index (κ2) is 7.81. The number of hydrogen-bond acceptors (Lipinski definition) is 2. The number of nitrogens with zero attached hydrogens (tertiary/aromatic N) is 2. The van der Waals surface area contributed by atoms with Gasteiger partial charge in [-0.25, -0.2) is 8.78 Å². The fraction of sp³-hybridized carbons (Fsp3) is 0.346. The Bertz CT molecular complexity index is 1110. The molecule has 160 valence electrons. The van der Waals surface area contributed by atoms with Crippen LogP contribution in [0.2, 0.25) is 0 Å². The summed E-state index contributed by atoms with van der Waals surface area (Å²) in [6.45, 7) is 5.79. The molecule has 3 aromatic rings. The van der Waals surface area contributed by atoms with E-state index in [4.69, 9.17) is 0 Å². The number of hydrogen-bond donors (Lipinski definition) is 1. The van der Waals surface area contributed by atoms with E-state index in [0.717, 1.165) is 42.4 Å². The zero-order valence-electron chi connectivity index (χ0n) is 17.4. The summed E-state index contributed by atoms with van der Waals surface area (Å²) in [5.41, 5.74) is 1.79. The van der Waals surface area contributed by atoms with E-state index in [0.29, 0.717) is 16.3 Å². The molecule has 6 rings (SSSR count). The number of aliphatic hydroxyl groups is 1. The summed E-state index contributed by atoms with van der Waals surface area (Å²) in [6, 6.07) is 13.6. The molecule has 3 aliphatic rings. The molecule has 0 amide bonds. The maximum Gasteiger partial charge on any atom is 0.135 e. The number of quaternary nitrogens is 1. The average molecular weight is 422 g/mol. The molecule has 5 atom stereocenters. The monoisotopic (exact) mass is 421 g/mol. The Kier molecular flexibility index (Phi) is 5.11. The number of piperidine rings is 3. The molecule has 31 heavy (non-hydrogen) atoms. The van der Waals surface area contributed by atoms with Crippen LogP contribution in [0, 0.1) is 23.5 Å². The standard InChI is InChI=1S/C26H27F2N2O/c1-2-17-15-30(16-21-22(27)7-5-8-23(21)28)13-11-18(17)14-25(30)26(31)20-10-12-29-24-9-4-3-6-19(20)24/h2-10,12,17-18,25-26,31H,1,11,13-16H2/q+1/t17?,18?,25?,26-,30?/m1/s1. The first-order valence-corrected chi connectivity index (χ1v) is 11.0. The number of para-hydroxylation sites is 1. The third kappa shape index (κ3) is 3.36. The van der Waals surface area contributed by atoms with Gasteiger partial charge in [0.05, 0.1) is 24.2 Å². The number of fused-ring (bicyclic) bond motifs is 4. The molecule has 1 N–H and O–H groups in total. The normalized spacial score (nSPS) is 28.5. The zero-order valence-corrected chi connectivity index (χ0v) is 17.4. The van der Waals surface area contributed by atoms with Gasteiger partial charge in [-0.2, -0.15) is 0 Å². The molecule has 0 saturated carbocycles. The van der Waals surface area contributed by atoms with Crippen molar-refractivity contribution < 1.29 is 18.4 Å². The molecule has 3 aliphatic heterocycles. The largest absolute Gasteiger partial charge is 0.382 e. The lowest BCUT2D eigenvalue weighted by Gasteiger charge is -2.58. The Morgan fingerprint density at radius 2 is 1.90 bits per heavy atom. The number of aliphatic hydroxyl groups excluding tert-OH is 1. The molecule has 4 unspecified atom stereocenters. The maximum atomic E-state index is 14.6. The highest BCUT2D eigenvalue weighted by Gasteiger charge is 2.54. The van der Waals surface area contributed by atoms with Crippen LogP contribution in [0.5, 0.6) is 0 Å². The summed E-state index contributed by atoms with van der Waals surface area (Å²) in [4.78, 5) is 4.42. The van der Waals surface area contributed by atoms with Gasteiger partial charge < -0.3 is 9.59 Å². The van der Waals surface area contributed by atoms with Gasteiger partial charge in [0.15, 0.2) is 0 Å². The van der Waals surface area contributed by atoms with Gasteiger partial charge in [-0.1, -0.05) is 30.3 Å². The summed E-state index contributed by atoms with van der Waals surface area (Å²) in [6.07, 6.45) is 4.76. The minimum atomic E-state index is -0.740. The predicted octanol–water partition coefficient (Wildman–Crippen LogP) is 5.16. The Morgan fingerprint density at radius 3 is 2.68 bits per heavy atom. The topological polar surface area (TPSA) is 33.1 Å². The van der Waals surface area contributed by atoms with Crippen LogP contribution in [0.3, 0.4) is 0 Å². The van der Waals surface area contributed by atoms with Crippen LogP contribution >= 0.6 is 0 Å². The van der Waals surface area contributed by atoms with Crippen molar-refractivity contribution in [2.45, 2.75) is 31.5 Å². The zero-order chi connectivity index (χ0) is 21.6. The molecule has 0 spiro atoms. The van der Waals surface area contributed by atoms with Crippen molar-refractivity contribution in [3.63, 3.8) is 0 Å². The minimum absolute atomic E-state index is 0.113. The first-order valence-electron chi connectivity index (χ1n) is 11.0. The number of rotatable bonds is 5. The highest BCUT2D eigenvalue weighted by molar-refractivity contribution is 5.82. The number of pyridine rings is 1. The molecule has 4 heterocycles. The Hall–Kier alpha value is -2.63. The lowest BCUT2D eigenvalue weighted by Crippen LogP contribution is -2.67. The first-order chi connectivity index (χ1) is 15.0. The Balaban J connectivity index is 1.58. The van der Waals surface area contributed by atoms with E-state index in [2.05, 4.69) is 11.6 Å². The lowest BCUT2D eigenvalue weighted by molar-refractivity contribution is -0.985. The molecular weight excluding hydrogens is 394 g/mol. The van der Waals surface area contributed by atoms with Crippen molar-refractivity contribution in [2.75, 3.05) is 13.1 Å². The highest BCUT2D eigenvalue weighted by atomic mass is 19.1. The summed E-state index contributed by atoms with van der Waals surface area (Å²) in [7, 11) is 0. The van der Waals surface area contributed by atoms with E-state index in [-0.39, 0.29) is 18.2 Å². The highest BCUT2D eigenvalue weighted by Crippen LogP contribution is 2.48. The van der Waals surface area contributed by atoms with Crippen molar-refractivity contribution in [2.24, 2.45) is 11.8 Å². The molecule has 0 aliphatic carbocycles. The number of aromatic nitrogens is 1. The van der Waals surface area contributed by atoms with E-state index in [1.165, 1.54) is 18.2 Å². The Labute approximate surface area is 181 Å². The van der Waals surface area contributed by atoms with Crippen molar-refractivity contribution >= 4 is 10.9 Å². The molecule has 5 heteroatoms. The van der Waals surface area contributed by atoms with Crippen LogP contribution < -0.4 is 0 Å². The van der Waals surface area contributed by atoms with E-state index < -0.39 is 17.7 Å². The van der Waals surface area contributed by atoms with Crippen LogP contribution in [0.15, 0.2) is 67.4 Å². The fourth-order valence-corrected chi connectivity index (χ4v) is 5.96. The van der Waals surface area contributed by atoms with Crippen molar-refractivity contribution in [3.8, 4) is 0 Å². The third-order valence-corrected chi connectivity index (χ3v) is 7.58. The third-order valence-electron chi connectivity index (χ3n) is 7.58. The molecule has 2 aromatic carbocycles. The molecule has 2 bridgehead atoms. The number of benzene rings is 2. The van der Waals surface area contributed by atoms with E-state index in [1.807, 2.05) is 36.4 Å². The van der Waals surface area contributed by atoms with Gasteiger partial charge in [-0.05, 0) is 35.7 Å². The molecule has 3 saturated heterocycles. The van der Waals surface area contributed by atoms with E-state index >= 15 is 0 Å². The molecule has 1 aromatic heterocycles. The van der Waals surface area contributed by atoms with Crippen LogP contribution in [0.25, 0.3) is 10.9 Å². The second-order valence-corrected chi connectivity index (χ2v) is 9.10. The van der Waals surface area contributed by atoms with Crippen molar-refractivity contribution in [1.29, 1.82) is 0 Å². The van der Waals surface area contributed by atoms with Crippen LogP contribution in [0.1, 0.15) is 30.1 Å². The molecular formula is C26H27F2N2O+. The van der Waals surface area contributed by atoms with Gasteiger partial charge in [0.25, 0.3) is 0 Å². The molecule has 0 radical (unpaired) electrons. The van der Waals surface area contributed by atoms with Gasteiger partial charge >= 0.3 is 0 Å². The smallest absolute Gasteiger partial charge is 0.135 e. The minimum Gasteiger partial charge on any atom is -0.382 e. The Morgan fingerprint density at radius 1 is 1.13 bits per heavy atom. The summed E-state index contributed by atoms with van der Waals surface area (Å²) >= 11 is 0. The predicted molar refractivity (Wildman–Crippen MR) is 117 cm³/mol. The first kappa shape index (κ1) is 20.3. The van der Waals surface area contributed by atoms with Crippen LogP contribution in [-0.2, 0) is 6.54 Å². The summed E-state index contributed by atoms with van der Waals surface area (Å²) in [5.74, 6) is -0.298. The molecule has 3 nitrogen and oxygen atoms in total. The van der Waals surface area contributed by atoms with Crippen LogP contribution in [-0.4, -0.2) is 33.7 Å². The lowest BCUT2D eigenvalue weighted by atomic mass is 9.71. The van der Waals surface area contributed by atoms with Gasteiger partial charge in [-0.3, -0.25) is 4.98 Å². The van der Waals surface area contributed by atoms with E-state index in [1.54, 1.807) is 6.20 Å². The van der Waals surface area contributed by atoms with Gasteiger partial charge in [0, 0.05) is 30.3 Å². The average Bonchev–Trinajstić information content (AvgIpc) is 2.81. The van der Waals surface area contributed by atoms with Gasteiger partial charge in [0.1, 0.15) is 30.3 Å². The summed E-state index contributed by atoms with van der Waals surface area (Å²) < 4.78 is 29.7.